The topological polar surface area (TPSA) is 113 Å². The van der Waals surface area contributed by atoms with Gasteiger partial charge in [-0.2, -0.15) is 0 Å². The SMILES string of the molecule is Nc1ccc(-c2cc(C(COc3ccccn3)c3ccccc3F)no2)c(N)n1. The Morgan fingerprint density at radius 1 is 1.03 bits per heavy atom. The second-order valence-electron chi connectivity index (χ2n) is 6.34. The Morgan fingerprint density at radius 3 is 2.62 bits per heavy atom. The summed E-state index contributed by atoms with van der Waals surface area (Å²) in [4.78, 5) is 8.16. The maximum absolute atomic E-state index is 14.5. The lowest BCUT2D eigenvalue weighted by molar-refractivity contribution is 0.283. The molecule has 0 saturated carbocycles. The van der Waals surface area contributed by atoms with Gasteiger partial charge < -0.3 is 20.7 Å². The van der Waals surface area contributed by atoms with E-state index in [1.54, 1.807) is 54.7 Å². The minimum Gasteiger partial charge on any atom is -0.477 e. The molecule has 4 rings (SSSR count). The first-order valence-corrected chi connectivity index (χ1v) is 8.89. The van der Waals surface area contributed by atoms with E-state index in [9.17, 15) is 4.39 Å². The number of nitrogens with zero attached hydrogens (tertiary/aromatic N) is 3. The number of aromatic nitrogens is 3. The van der Waals surface area contributed by atoms with E-state index in [0.717, 1.165) is 0 Å². The highest BCUT2D eigenvalue weighted by Gasteiger charge is 2.24. The Morgan fingerprint density at radius 2 is 1.86 bits per heavy atom. The second-order valence-corrected chi connectivity index (χ2v) is 6.34. The van der Waals surface area contributed by atoms with Crippen LogP contribution in [0.5, 0.6) is 5.88 Å². The average Bonchev–Trinajstić information content (AvgIpc) is 3.20. The summed E-state index contributed by atoms with van der Waals surface area (Å²) in [5.41, 5.74) is 13.1. The van der Waals surface area contributed by atoms with Gasteiger partial charge in [0.05, 0.1) is 17.2 Å². The van der Waals surface area contributed by atoms with Gasteiger partial charge in [-0.25, -0.2) is 14.4 Å². The fourth-order valence-corrected chi connectivity index (χ4v) is 2.97. The lowest BCUT2D eigenvalue weighted by atomic mass is 9.95. The molecule has 0 aliphatic heterocycles. The maximum Gasteiger partial charge on any atom is 0.213 e. The molecule has 0 saturated heterocycles. The Kier molecular flexibility index (Phi) is 5.07. The lowest BCUT2D eigenvalue weighted by Crippen LogP contribution is -2.14. The first-order valence-electron chi connectivity index (χ1n) is 8.89. The van der Waals surface area contributed by atoms with Crippen LogP contribution < -0.4 is 16.2 Å². The number of hydrogen-bond acceptors (Lipinski definition) is 7. The monoisotopic (exact) mass is 391 g/mol. The van der Waals surface area contributed by atoms with Crippen molar-refractivity contribution in [1.82, 2.24) is 15.1 Å². The number of nitrogens with two attached hydrogens (primary N) is 2. The van der Waals surface area contributed by atoms with Gasteiger partial charge in [0.1, 0.15) is 24.1 Å². The van der Waals surface area contributed by atoms with Gasteiger partial charge in [-0.05, 0) is 24.3 Å². The van der Waals surface area contributed by atoms with Gasteiger partial charge in [0.2, 0.25) is 5.88 Å². The molecule has 3 heterocycles. The average molecular weight is 391 g/mol. The number of hydrogen-bond donors (Lipinski definition) is 2. The van der Waals surface area contributed by atoms with Crippen LogP contribution in [0, 0.1) is 5.82 Å². The second kappa shape index (κ2) is 7.97. The molecule has 29 heavy (non-hydrogen) atoms. The highest BCUT2D eigenvalue weighted by molar-refractivity contribution is 5.71. The smallest absolute Gasteiger partial charge is 0.213 e. The zero-order chi connectivity index (χ0) is 20.2. The maximum atomic E-state index is 14.5. The van der Waals surface area contributed by atoms with E-state index < -0.39 is 5.92 Å². The van der Waals surface area contributed by atoms with Crippen molar-refractivity contribution in [3.8, 4) is 17.2 Å². The number of anilines is 2. The molecular formula is C21H18FN5O2. The van der Waals surface area contributed by atoms with Crippen LogP contribution in [0.4, 0.5) is 16.0 Å². The van der Waals surface area contributed by atoms with E-state index in [4.69, 9.17) is 20.7 Å². The molecule has 1 aromatic carbocycles. The number of pyridine rings is 2. The molecule has 146 valence electrons. The van der Waals surface area contributed by atoms with Gasteiger partial charge >= 0.3 is 0 Å². The molecule has 7 nitrogen and oxygen atoms in total. The van der Waals surface area contributed by atoms with Crippen LogP contribution in [0.3, 0.4) is 0 Å². The van der Waals surface area contributed by atoms with Gasteiger partial charge in [0.25, 0.3) is 0 Å². The Labute approximate surface area is 166 Å². The van der Waals surface area contributed by atoms with Gasteiger partial charge in [0, 0.05) is 23.9 Å². The van der Waals surface area contributed by atoms with E-state index >= 15 is 0 Å². The third-order valence-electron chi connectivity index (χ3n) is 4.41. The van der Waals surface area contributed by atoms with Crippen molar-refractivity contribution in [3.63, 3.8) is 0 Å². The quantitative estimate of drug-likeness (QED) is 0.516. The number of halogens is 1. The van der Waals surface area contributed by atoms with Crippen molar-refractivity contribution in [1.29, 1.82) is 0 Å². The standard InChI is InChI=1S/C21H18FN5O2/c22-16-6-2-1-5-13(16)15(12-28-20-7-3-4-10-25-20)17-11-18(29-27-17)14-8-9-19(23)26-21(14)24/h1-11,15H,12H2,(H4,23,24,26). The van der Waals surface area contributed by atoms with Crippen molar-refractivity contribution < 1.29 is 13.7 Å². The predicted octanol–water partition coefficient (Wildman–Crippen LogP) is 3.65. The number of rotatable bonds is 6. The van der Waals surface area contributed by atoms with Crippen molar-refractivity contribution in [2.24, 2.45) is 0 Å². The molecule has 1 unspecified atom stereocenters. The van der Waals surface area contributed by atoms with Crippen LogP contribution in [-0.4, -0.2) is 21.7 Å². The largest absolute Gasteiger partial charge is 0.477 e. The van der Waals surface area contributed by atoms with Crippen LogP contribution in [0.25, 0.3) is 11.3 Å². The van der Waals surface area contributed by atoms with Gasteiger partial charge in [-0.3, -0.25) is 0 Å². The molecule has 0 spiro atoms. The molecule has 0 radical (unpaired) electrons. The Bertz CT molecular complexity index is 1120. The summed E-state index contributed by atoms with van der Waals surface area (Å²) in [5.74, 6) is 0.492. The van der Waals surface area contributed by atoms with Gasteiger partial charge in [-0.1, -0.05) is 29.4 Å². The molecule has 8 heteroatoms. The third-order valence-corrected chi connectivity index (χ3v) is 4.41. The van der Waals surface area contributed by atoms with E-state index in [1.807, 2.05) is 6.07 Å². The molecule has 0 bridgehead atoms. The first-order chi connectivity index (χ1) is 14.1. The summed E-state index contributed by atoms with van der Waals surface area (Å²) in [6.07, 6.45) is 1.62. The lowest BCUT2D eigenvalue weighted by Gasteiger charge is -2.16. The summed E-state index contributed by atoms with van der Waals surface area (Å²) in [5, 5.41) is 4.13. The molecule has 0 aliphatic rings. The Hall–Kier alpha value is -3.94. The van der Waals surface area contributed by atoms with Crippen LogP contribution in [0.1, 0.15) is 17.2 Å². The summed E-state index contributed by atoms with van der Waals surface area (Å²) < 4.78 is 25.8. The number of nitrogen functional groups attached to an aromatic ring is 2. The van der Waals surface area contributed by atoms with Crippen LogP contribution >= 0.6 is 0 Å². The van der Waals surface area contributed by atoms with Crippen molar-refractivity contribution in [2.75, 3.05) is 18.1 Å². The molecule has 0 fully saturated rings. The van der Waals surface area contributed by atoms with Crippen molar-refractivity contribution >= 4 is 11.6 Å². The summed E-state index contributed by atoms with van der Waals surface area (Å²) >= 11 is 0. The fraction of sp³-hybridized carbons (Fsp3) is 0.0952. The van der Waals surface area contributed by atoms with Crippen LogP contribution in [-0.2, 0) is 0 Å². The zero-order valence-corrected chi connectivity index (χ0v) is 15.3. The van der Waals surface area contributed by atoms with Crippen molar-refractivity contribution in [3.05, 3.63) is 83.9 Å². The third kappa shape index (κ3) is 4.01. The number of ether oxygens (including phenoxy) is 1. The molecular weight excluding hydrogens is 373 g/mol. The predicted molar refractivity (Wildman–Crippen MR) is 107 cm³/mol. The molecule has 4 N–H and O–H groups in total. The van der Waals surface area contributed by atoms with Crippen LogP contribution in [0.15, 0.2) is 71.4 Å². The van der Waals surface area contributed by atoms with E-state index in [-0.39, 0.29) is 18.2 Å². The summed E-state index contributed by atoms with van der Waals surface area (Å²) in [7, 11) is 0. The minimum atomic E-state index is -0.515. The number of benzene rings is 1. The first kappa shape index (κ1) is 18.4. The highest BCUT2D eigenvalue weighted by atomic mass is 19.1. The Balaban J connectivity index is 1.68. The van der Waals surface area contributed by atoms with Crippen molar-refractivity contribution in [2.45, 2.75) is 5.92 Å². The highest BCUT2D eigenvalue weighted by Crippen LogP contribution is 2.32. The molecule has 0 aliphatic carbocycles. The normalized spacial score (nSPS) is 11.9. The summed E-state index contributed by atoms with van der Waals surface area (Å²) in [6.45, 7) is 0.124. The molecule has 1 atom stereocenters. The molecule has 4 aromatic rings. The zero-order valence-electron chi connectivity index (χ0n) is 15.3. The van der Waals surface area contributed by atoms with E-state index in [0.29, 0.717) is 34.3 Å². The van der Waals surface area contributed by atoms with Gasteiger partial charge in [0.15, 0.2) is 5.76 Å². The van der Waals surface area contributed by atoms with Gasteiger partial charge in [-0.15, -0.1) is 0 Å². The summed E-state index contributed by atoms with van der Waals surface area (Å²) in [6, 6.07) is 16.8. The van der Waals surface area contributed by atoms with Crippen LogP contribution in [0.2, 0.25) is 0 Å². The minimum absolute atomic E-state index is 0.124. The molecule has 3 aromatic heterocycles. The molecule has 0 amide bonds. The van der Waals surface area contributed by atoms with E-state index in [2.05, 4.69) is 15.1 Å². The fourth-order valence-electron chi connectivity index (χ4n) is 2.97. The van der Waals surface area contributed by atoms with E-state index in [1.165, 1.54) is 6.07 Å².